The Morgan fingerprint density at radius 2 is 1.94 bits per heavy atom. The summed E-state index contributed by atoms with van der Waals surface area (Å²) in [6, 6.07) is 0. The summed E-state index contributed by atoms with van der Waals surface area (Å²) < 4.78 is 0. The van der Waals surface area contributed by atoms with Gasteiger partial charge in [0.2, 0.25) is 0 Å². The molecule has 0 aromatic carbocycles. The summed E-state index contributed by atoms with van der Waals surface area (Å²) in [6.07, 6.45) is 6.42. The predicted molar refractivity (Wildman–Crippen MR) is 77.3 cm³/mol. The van der Waals surface area contributed by atoms with Crippen molar-refractivity contribution in [2.24, 2.45) is 5.92 Å². The van der Waals surface area contributed by atoms with Crippen LogP contribution in [0.5, 0.6) is 0 Å². The predicted octanol–water partition coefficient (Wildman–Crippen LogP) is 1.67. The van der Waals surface area contributed by atoms with Gasteiger partial charge in [0, 0.05) is 0 Å². The largest absolute Gasteiger partial charge is 0.453 e. The molecule has 110 valence electrons. The lowest BCUT2D eigenvalue weighted by Crippen LogP contribution is -3.07. The minimum Gasteiger partial charge on any atom is -0.453 e. The Bertz CT molecular complexity index is 192. The second-order valence-corrected chi connectivity index (χ2v) is 5.89. The molecule has 0 aliphatic heterocycles. The van der Waals surface area contributed by atoms with Crippen molar-refractivity contribution < 1.29 is 10.1 Å². The number of quaternary nitrogens is 1. The SMILES string of the molecule is CC[C@@H](C)CCCCC[N-][NH+](C)CNC(C)(C)O. The van der Waals surface area contributed by atoms with Gasteiger partial charge in [-0.05, 0) is 19.8 Å². The Morgan fingerprint density at radius 1 is 1.28 bits per heavy atom. The Morgan fingerprint density at radius 3 is 2.50 bits per heavy atom. The maximum Gasteiger partial charge on any atom is 0.124 e. The van der Waals surface area contributed by atoms with Gasteiger partial charge in [-0.15, -0.1) is 6.54 Å². The molecule has 0 bridgehead atoms. The number of hydrogen-bond donors (Lipinski definition) is 3. The van der Waals surface area contributed by atoms with Crippen LogP contribution in [0.3, 0.4) is 0 Å². The van der Waals surface area contributed by atoms with E-state index in [1.807, 2.05) is 7.05 Å². The summed E-state index contributed by atoms with van der Waals surface area (Å²) in [7, 11) is 2.01. The molecule has 0 saturated heterocycles. The van der Waals surface area contributed by atoms with Crippen LogP contribution in [0, 0.1) is 5.92 Å². The van der Waals surface area contributed by atoms with E-state index in [2.05, 4.69) is 24.6 Å². The summed E-state index contributed by atoms with van der Waals surface area (Å²) >= 11 is 0. The van der Waals surface area contributed by atoms with Gasteiger partial charge in [-0.25, -0.2) is 5.32 Å². The molecule has 18 heavy (non-hydrogen) atoms. The highest BCUT2D eigenvalue weighted by atomic mass is 16.3. The number of hydrogen-bond acceptors (Lipinski definition) is 2. The molecule has 2 atom stereocenters. The van der Waals surface area contributed by atoms with Crippen molar-refractivity contribution in [2.45, 2.75) is 65.5 Å². The molecule has 0 fully saturated rings. The van der Waals surface area contributed by atoms with Crippen LogP contribution in [-0.4, -0.2) is 31.1 Å². The summed E-state index contributed by atoms with van der Waals surface area (Å²) in [5, 5.41) is 13.6. The summed E-state index contributed by atoms with van der Waals surface area (Å²) in [4.78, 5) is 0. The summed E-state index contributed by atoms with van der Waals surface area (Å²) in [5.74, 6) is 0.867. The second kappa shape index (κ2) is 9.73. The van der Waals surface area contributed by atoms with Crippen LogP contribution in [0.15, 0.2) is 0 Å². The van der Waals surface area contributed by atoms with E-state index in [0.29, 0.717) is 6.67 Å². The zero-order chi connectivity index (χ0) is 14.0. The lowest BCUT2D eigenvalue weighted by Gasteiger charge is -2.30. The van der Waals surface area contributed by atoms with Crippen molar-refractivity contribution in [1.82, 2.24) is 5.32 Å². The topological polar surface area (TPSA) is 50.8 Å². The highest BCUT2D eigenvalue weighted by Gasteiger charge is 2.10. The molecule has 0 radical (unpaired) electrons. The molecule has 1 unspecified atom stereocenters. The standard InChI is InChI=1S/C14H33N3O/c1-6-13(2)10-8-7-9-11-16-17(5)12-15-14(3,4)18/h13,15,17-18H,6-12H2,1-5H3/t13-/m1/s1. The molecule has 4 heteroatoms. The lowest BCUT2D eigenvalue weighted by molar-refractivity contribution is -0.845. The zero-order valence-corrected chi connectivity index (χ0v) is 12.9. The van der Waals surface area contributed by atoms with E-state index in [4.69, 9.17) is 0 Å². The van der Waals surface area contributed by atoms with E-state index in [-0.39, 0.29) is 0 Å². The summed E-state index contributed by atoms with van der Waals surface area (Å²) in [5.41, 5.74) is 3.69. The first kappa shape index (κ1) is 17.8. The number of unbranched alkanes of at least 4 members (excludes halogenated alkanes) is 2. The van der Waals surface area contributed by atoms with Gasteiger partial charge in [-0.1, -0.05) is 46.0 Å². The van der Waals surface area contributed by atoms with Crippen molar-refractivity contribution in [3.63, 3.8) is 0 Å². The molecule has 0 aliphatic carbocycles. The molecular formula is C14H33N3O. The third-order valence-corrected chi connectivity index (χ3v) is 3.21. The van der Waals surface area contributed by atoms with Gasteiger partial charge < -0.3 is 15.5 Å². The van der Waals surface area contributed by atoms with Crippen molar-refractivity contribution in [3.05, 3.63) is 5.43 Å². The van der Waals surface area contributed by atoms with E-state index in [0.717, 1.165) is 17.5 Å². The van der Waals surface area contributed by atoms with E-state index >= 15 is 0 Å². The molecular weight excluding hydrogens is 226 g/mol. The van der Waals surface area contributed by atoms with Gasteiger partial charge >= 0.3 is 0 Å². The van der Waals surface area contributed by atoms with E-state index in [1.165, 1.54) is 32.1 Å². The average molecular weight is 259 g/mol. The Hall–Kier alpha value is -0.160. The van der Waals surface area contributed by atoms with Crippen LogP contribution in [0.2, 0.25) is 0 Å². The molecule has 3 N–H and O–H groups in total. The van der Waals surface area contributed by atoms with Gasteiger partial charge in [0.25, 0.3) is 0 Å². The fourth-order valence-electron chi connectivity index (χ4n) is 1.66. The summed E-state index contributed by atoms with van der Waals surface area (Å²) in [6.45, 7) is 9.65. The maximum atomic E-state index is 9.52. The Balaban J connectivity index is 3.33. The van der Waals surface area contributed by atoms with Crippen LogP contribution in [0.4, 0.5) is 0 Å². The normalized spacial score (nSPS) is 15.7. The van der Waals surface area contributed by atoms with Crippen LogP contribution in [0.25, 0.3) is 5.43 Å². The third-order valence-electron chi connectivity index (χ3n) is 3.21. The maximum absolute atomic E-state index is 9.52. The molecule has 0 amide bonds. The van der Waals surface area contributed by atoms with E-state index in [9.17, 15) is 5.11 Å². The van der Waals surface area contributed by atoms with Gasteiger partial charge in [0.1, 0.15) is 12.4 Å². The van der Waals surface area contributed by atoms with Crippen molar-refractivity contribution in [1.29, 1.82) is 0 Å². The van der Waals surface area contributed by atoms with Crippen LogP contribution in [0.1, 0.15) is 59.8 Å². The molecule has 0 heterocycles. The average Bonchev–Trinajstić information content (AvgIpc) is 2.29. The highest BCUT2D eigenvalue weighted by molar-refractivity contribution is 4.62. The number of aliphatic hydroxyl groups is 1. The molecule has 0 aliphatic rings. The first-order chi connectivity index (χ1) is 8.35. The molecule has 0 aromatic rings. The molecule has 0 spiro atoms. The Labute approximate surface area is 113 Å². The van der Waals surface area contributed by atoms with Gasteiger partial charge in [-0.3, -0.25) is 0 Å². The molecule has 0 rings (SSSR count). The fourth-order valence-corrected chi connectivity index (χ4v) is 1.66. The first-order valence-electron chi connectivity index (χ1n) is 7.32. The van der Waals surface area contributed by atoms with Crippen molar-refractivity contribution in [3.8, 4) is 0 Å². The van der Waals surface area contributed by atoms with E-state index in [1.54, 1.807) is 13.8 Å². The quantitative estimate of drug-likeness (QED) is 0.300. The third kappa shape index (κ3) is 12.3. The monoisotopic (exact) mass is 259 g/mol. The molecule has 0 aromatic heterocycles. The van der Waals surface area contributed by atoms with Crippen molar-refractivity contribution >= 4 is 0 Å². The van der Waals surface area contributed by atoms with Gasteiger partial charge in [-0.2, -0.15) is 0 Å². The number of rotatable bonds is 11. The molecule has 0 saturated carbocycles. The first-order valence-corrected chi connectivity index (χ1v) is 7.32. The van der Waals surface area contributed by atoms with Crippen LogP contribution in [-0.2, 0) is 0 Å². The van der Waals surface area contributed by atoms with Crippen molar-refractivity contribution in [2.75, 3.05) is 20.3 Å². The number of nitrogens with one attached hydrogen (secondary N) is 2. The minimum absolute atomic E-state index is 0.663. The van der Waals surface area contributed by atoms with Crippen LogP contribution >= 0.6 is 0 Å². The zero-order valence-electron chi connectivity index (χ0n) is 12.9. The highest BCUT2D eigenvalue weighted by Crippen LogP contribution is 2.12. The van der Waals surface area contributed by atoms with Gasteiger partial charge in [0.15, 0.2) is 0 Å². The van der Waals surface area contributed by atoms with Gasteiger partial charge in [0.05, 0.1) is 7.05 Å². The fraction of sp³-hybridized carbons (Fsp3) is 1.00. The second-order valence-electron chi connectivity index (χ2n) is 5.89. The smallest absolute Gasteiger partial charge is 0.124 e. The lowest BCUT2D eigenvalue weighted by atomic mass is 10.0. The molecule has 4 nitrogen and oxygen atoms in total. The minimum atomic E-state index is -0.812. The van der Waals surface area contributed by atoms with Crippen LogP contribution < -0.4 is 10.3 Å². The number of nitrogens with zero attached hydrogens (tertiary/aromatic N) is 1. The Kier molecular flexibility index (Phi) is 9.64. The van der Waals surface area contributed by atoms with E-state index < -0.39 is 5.72 Å².